The molecule has 1 aliphatic rings. The first-order valence-corrected chi connectivity index (χ1v) is 8.53. The van der Waals surface area contributed by atoms with Crippen molar-refractivity contribution in [3.63, 3.8) is 0 Å². The van der Waals surface area contributed by atoms with Crippen LogP contribution in [0.15, 0.2) is 42.5 Å². The highest BCUT2D eigenvalue weighted by Crippen LogP contribution is 2.35. The van der Waals surface area contributed by atoms with Crippen molar-refractivity contribution in [3.05, 3.63) is 58.6 Å². The smallest absolute Gasteiger partial charge is 0.161 e. The summed E-state index contributed by atoms with van der Waals surface area (Å²) >= 11 is 6.25. The molecule has 1 atom stereocenters. The number of hydrogen-bond acceptors (Lipinski definition) is 4. The van der Waals surface area contributed by atoms with Gasteiger partial charge in [0.05, 0.1) is 20.3 Å². The lowest BCUT2D eigenvalue weighted by atomic mass is 9.96. The van der Waals surface area contributed by atoms with Crippen molar-refractivity contribution in [3.8, 4) is 11.5 Å². The Bertz CT molecular complexity index is 687. The number of nitrogens with one attached hydrogen (secondary N) is 1. The van der Waals surface area contributed by atoms with E-state index in [0.29, 0.717) is 0 Å². The van der Waals surface area contributed by atoms with Crippen LogP contribution in [0.5, 0.6) is 11.5 Å². The van der Waals surface area contributed by atoms with Gasteiger partial charge in [0, 0.05) is 31.2 Å². The van der Waals surface area contributed by atoms with E-state index in [1.165, 1.54) is 11.1 Å². The van der Waals surface area contributed by atoms with Gasteiger partial charge in [-0.1, -0.05) is 29.8 Å². The third-order valence-electron chi connectivity index (χ3n) is 4.40. The normalized spacial score (nSPS) is 16.6. The van der Waals surface area contributed by atoms with Crippen LogP contribution in [-0.2, 0) is 0 Å². The fourth-order valence-electron chi connectivity index (χ4n) is 3.25. The highest BCUT2D eigenvalue weighted by molar-refractivity contribution is 6.30. The van der Waals surface area contributed by atoms with Crippen LogP contribution in [0, 0.1) is 0 Å². The zero-order valence-corrected chi connectivity index (χ0v) is 14.8. The molecule has 2 aromatic rings. The maximum Gasteiger partial charge on any atom is 0.161 e. The lowest BCUT2D eigenvalue weighted by molar-refractivity contribution is 0.198. The molecule has 1 unspecified atom stereocenters. The van der Waals surface area contributed by atoms with Gasteiger partial charge in [0.25, 0.3) is 0 Å². The topological polar surface area (TPSA) is 33.7 Å². The van der Waals surface area contributed by atoms with Gasteiger partial charge in [-0.2, -0.15) is 0 Å². The van der Waals surface area contributed by atoms with E-state index in [4.69, 9.17) is 21.1 Å². The third kappa shape index (κ3) is 3.66. The molecule has 0 spiro atoms. The van der Waals surface area contributed by atoms with E-state index < -0.39 is 0 Å². The summed E-state index contributed by atoms with van der Waals surface area (Å²) in [5, 5.41) is 4.17. The Balaban J connectivity index is 2.03. The molecule has 0 saturated carbocycles. The number of piperazine rings is 1. The summed E-state index contributed by atoms with van der Waals surface area (Å²) in [6.07, 6.45) is 0. The number of rotatable bonds is 5. The van der Waals surface area contributed by atoms with Crippen molar-refractivity contribution in [1.29, 1.82) is 0 Å². The molecule has 1 aliphatic heterocycles. The fourth-order valence-corrected chi connectivity index (χ4v) is 3.45. The van der Waals surface area contributed by atoms with Crippen molar-refractivity contribution in [2.45, 2.75) is 6.04 Å². The second kappa shape index (κ2) is 7.88. The second-order valence-electron chi connectivity index (χ2n) is 5.86. The molecule has 0 aromatic heterocycles. The molecule has 4 nitrogen and oxygen atoms in total. The number of hydrogen-bond donors (Lipinski definition) is 1. The number of nitrogens with zero attached hydrogens (tertiary/aromatic N) is 1. The summed E-state index contributed by atoms with van der Waals surface area (Å²) in [7, 11) is 3.32. The third-order valence-corrected chi connectivity index (χ3v) is 4.64. The molecular formula is C19H23ClN2O2. The first-order chi connectivity index (χ1) is 11.7. The van der Waals surface area contributed by atoms with E-state index in [-0.39, 0.29) is 6.04 Å². The van der Waals surface area contributed by atoms with Crippen LogP contribution in [0.2, 0.25) is 5.02 Å². The Morgan fingerprint density at radius 1 is 0.958 bits per heavy atom. The largest absolute Gasteiger partial charge is 0.493 e. The average molecular weight is 347 g/mol. The Kier molecular flexibility index (Phi) is 5.61. The lowest BCUT2D eigenvalue weighted by Gasteiger charge is -2.35. The van der Waals surface area contributed by atoms with Gasteiger partial charge in [0.1, 0.15) is 0 Å². The van der Waals surface area contributed by atoms with Gasteiger partial charge in [-0.25, -0.2) is 0 Å². The van der Waals surface area contributed by atoms with Crippen LogP contribution >= 0.6 is 11.6 Å². The zero-order chi connectivity index (χ0) is 16.9. The molecule has 3 rings (SSSR count). The van der Waals surface area contributed by atoms with Crippen LogP contribution in [0.4, 0.5) is 0 Å². The summed E-state index contributed by atoms with van der Waals surface area (Å²) in [5.41, 5.74) is 2.37. The number of methoxy groups -OCH3 is 2. The minimum atomic E-state index is 0.144. The van der Waals surface area contributed by atoms with Crippen LogP contribution in [0.1, 0.15) is 17.2 Å². The molecule has 0 aliphatic carbocycles. The van der Waals surface area contributed by atoms with E-state index in [0.717, 1.165) is 42.7 Å². The predicted octanol–water partition coefficient (Wildman–Crippen LogP) is 3.35. The van der Waals surface area contributed by atoms with Gasteiger partial charge >= 0.3 is 0 Å². The highest BCUT2D eigenvalue weighted by Gasteiger charge is 2.25. The van der Waals surface area contributed by atoms with E-state index in [9.17, 15) is 0 Å². The Morgan fingerprint density at radius 2 is 1.67 bits per heavy atom. The average Bonchev–Trinajstić information content (AvgIpc) is 2.63. The van der Waals surface area contributed by atoms with Gasteiger partial charge in [0.2, 0.25) is 0 Å². The van der Waals surface area contributed by atoms with Crippen molar-refractivity contribution < 1.29 is 9.47 Å². The van der Waals surface area contributed by atoms with E-state index in [2.05, 4.69) is 28.4 Å². The molecule has 1 saturated heterocycles. The molecule has 1 heterocycles. The van der Waals surface area contributed by atoms with E-state index in [1.54, 1.807) is 14.2 Å². The summed E-state index contributed by atoms with van der Waals surface area (Å²) in [6.45, 7) is 3.96. The van der Waals surface area contributed by atoms with Crippen LogP contribution in [-0.4, -0.2) is 45.3 Å². The number of ether oxygens (including phenoxy) is 2. The molecule has 0 amide bonds. The van der Waals surface area contributed by atoms with Gasteiger partial charge in [-0.15, -0.1) is 0 Å². The lowest BCUT2D eigenvalue weighted by Crippen LogP contribution is -2.45. The summed E-state index contributed by atoms with van der Waals surface area (Å²) in [6, 6.07) is 14.4. The van der Waals surface area contributed by atoms with Gasteiger partial charge in [-0.05, 0) is 35.4 Å². The van der Waals surface area contributed by atoms with E-state index in [1.807, 2.05) is 24.3 Å². The van der Waals surface area contributed by atoms with Gasteiger partial charge < -0.3 is 14.8 Å². The maximum absolute atomic E-state index is 6.25. The summed E-state index contributed by atoms with van der Waals surface area (Å²) in [4.78, 5) is 2.48. The molecule has 24 heavy (non-hydrogen) atoms. The summed E-state index contributed by atoms with van der Waals surface area (Å²) < 4.78 is 10.9. The quantitative estimate of drug-likeness (QED) is 0.900. The Hall–Kier alpha value is -1.75. The molecule has 1 N–H and O–H groups in total. The van der Waals surface area contributed by atoms with Crippen LogP contribution in [0.3, 0.4) is 0 Å². The van der Waals surface area contributed by atoms with E-state index >= 15 is 0 Å². The monoisotopic (exact) mass is 346 g/mol. The predicted molar refractivity (Wildman–Crippen MR) is 97.3 cm³/mol. The number of halogens is 1. The van der Waals surface area contributed by atoms with Crippen LogP contribution in [0.25, 0.3) is 0 Å². The van der Waals surface area contributed by atoms with Gasteiger partial charge in [-0.3, -0.25) is 4.90 Å². The molecule has 0 bridgehead atoms. The molecular weight excluding hydrogens is 324 g/mol. The SMILES string of the molecule is COc1ccc(C(c2cccc(Cl)c2)N2CCNCC2)cc1OC. The maximum atomic E-state index is 6.25. The standard InChI is InChI=1S/C19H23ClN2O2/c1-23-17-7-6-15(13-18(17)24-2)19(22-10-8-21-9-11-22)14-4-3-5-16(20)12-14/h3-7,12-13,19,21H,8-11H2,1-2H3. The molecule has 128 valence electrons. The highest BCUT2D eigenvalue weighted by atomic mass is 35.5. The van der Waals surface area contributed by atoms with Crippen molar-refractivity contribution >= 4 is 11.6 Å². The molecule has 5 heteroatoms. The minimum absolute atomic E-state index is 0.144. The first-order valence-electron chi connectivity index (χ1n) is 8.15. The molecule has 2 aromatic carbocycles. The second-order valence-corrected chi connectivity index (χ2v) is 6.29. The first kappa shape index (κ1) is 17.1. The Morgan fingerprint density at radius 3 is 2.33 bits per heavy atom. The number of benzene rings is 2. The molecule has 0 radical (unpaired) electrons. The van der Waals surface area contributed by atoms with Crippen molar-refractivity contribution in [2.75, 3.05) is 40.4 Å². The molecule has 1 fully saturated rings. The Labute approximate surface area is 148 Å². The fraction of sp³-hybridized carbons (Fsp3) is 0.368. The summed E-state index contributed by atoms with van der Waals surface area (Å²) in [5.74, 6) is 1.49. The van der Waals surface area contributed by atoms with Gasteiger partial charge in [0.15, 0.2) is 11.5 Å². The van der Waals surface area contributed by atoms with Crippen molar-refractivity contribution in [2.24, 2.45) is 0 Å². The van der Waals surface area contributed by atoms with Crippen LogP contribution < -0.4 is 14.8 Å². The zero-order valence-electron chi connectivity index (χ0n) is 14.1. The van der Waals surface area contributed by atoms with Crippen molar-refractivity contribution in [1.82, 2.24) is 10.2 Å². The minimum Gasteiger partial charge on any atom is -0.493 e.